The summed E-state index contributed by atoms with van der Waals surface area (Å²) < 4.78 is 27.3. The van der Waals surface area contributed by atoms with E-state index in [1.54, 1.807) is 0 Å². The molecule has 0 saturated heterocycles. The molecule has 0 heterocycles. The topological polar surface area (TPSA) is 86.8 Å². The van der Waals surface area contributed by atoms with Crippen molar-refractivity contribution in [3.8, 4) is 0 Å². The largest absolute Gasteiger partial charge is 0.354 e. The minimum absolute atomic E-state index is 0.0299. The van der Waals surface area contributed by atoms with Gasteiger partial charge >= 0.3 is 0 Å². The molecule has 0 bridgehead atoms. The predicted molar refractivity (Wildman–Crippen MR) is 150 cm³/mol. The van der Waals surface area contributed by atoms with Crippen molar-refractivity contribution in [2.75, 3.05) is 20.1 Å². The summed E-state index contributed by atoms with van der Waals surface area (Å²) in [6.45, 7) is 4.18. The molecule has 0 saturated carbocycles. The summed E-state index contributed by atoms with van der Waals surface area (Å²) in [6, 6.07) is 23.8. The zero-order valence-corrected chi connectivity index (χ0v) is 23.5. The molecule has 0 spiro atoms. The summed E-state index contributed by atoms with van der Waals surface area (Å²) in [5, 5.41) is 3.37. The van der Waals surface area contributed by atoms with Crippen LogP contribution in [0.2, 0.25) is 5.02 Å². The Morgan fingerprint density at radius 2 is 1.42 bits per heavy atom. The molecule has 0 fully saturated rings. The molecule has 0 aliphatic carbocycles. The van der Waals surface area contributed by atoms with Crippen LogP contribution in [0.5, 0.6) is 0 Å². The van der Waals surface area contributed by atoms with Gasteiger partial charge in [-0.2, -0.15) is 4.31 Å². The Hall–Kier alpha value is -3.20. The zero-order chi connectivity index (χ0) is 27.7. The van der Waals surface area contributed by atoms with Crippen molar-refractivity contribution in [1.29, 1.82) is 0 Å². The van der Waals surface area contributed by atoms with Crippen molar-refractivity contribution in [2.24, 2.45) is 5.92 Å². The maximum atomic E-state index is 13.8. The molecule has 0 unspecified atom stereocenters. The number of hydrogen-bond acceptors (Lipinski definition) is 4. The Morgan fingerprint density at radius 3 is 1.97 bits per heavy atom. The summed E-state index contributed by atoms with van der Waals surface area (Å²) in [4.78, 5) is 28.8. The number of likely N-dealkylation sites (N-methyl/N-ethyl adjacent to an activating group) is 1. The number of nitrogens with one attached hydrogen (secondary N) is 1. The first-order chi connectivity index (χ1) is 18.1. The Bertz CT molecular complexity index is 1300. The highest BCUT2D eigenvalue weighted by molar-refractivity contribution is 7.89. The Morgan fingerprint density at radius 1 is 0.868 bits per heavy atom. The van der Waals surface area contributed by atoms with Gasteiger partial charge in [-0.15, -0.1) is 0 Å². The summed E-state index contributed by atoms with van der Waals surface area (Å²) in [6.07, 6.45) is 0.289. The molecule has 1 atom stereocenters. The van der Waals surface area contributed by atoms with Gasteiger partial charge in [-0.3, -0.25) is 9.59 Å². The third kappa shape index (κ3) is 8.15. The van der Waals surface area contributed by atoms with Crippen LogP contribution in [0.4, 0.5) is 0 Å². The minimum atomic E-state index is -3.96. The van der Waals surface area contributed by atoms with E-state index in [1.165, 1.54) is 36.2 Å². The molecule has 9 heteroatoms. The van der Waals surface area contributed by atoms with Crippen molar-refractivity contribution < 1.29 is 18.0 Å². The van der Waals surface area contributed by atoms with Gasteiger partial charge in [0.25, 0.3) is 0 Å². The molecule has 3 aromatic carbocycles. The lowest BCUT2D eigenvalue weighted by atomic mass is 10.0. The van der Waals surface area contributed by atoms with Gasteiger partial charge < -0.3 is 10.2 Å². The van der Waals surface area contributed by atoms with Crippen LogP contribution in [0.1, 0.15) is 25.0 Å². The maximum Gasteiger partial charge on any atom is 0.243 e. The molecule has 0 aliphatic heterocycles. The molecule has 7 nitrogen and oxygen atoms in total. The molecule has 2 amide bonds. The van der Waals surface area contributed by atoms with E-state index in [2.05, 4.69) is 5.32 Å². The van der Waals surface area contributed by atoms with E-state index in [4.69, 9.17) is 11.6 Å². The molecule has 1 N–H and O–H groups in total. The predicted octanol–water partition coefficient (Wildman–Crippen LogP) is 4.37. The number of benzene rings is 3. The van der Waals surface area contributed by atoms with E-state index in [0.717, 1.165) is 15.4 Å². The van der Waals surface area contributed by atoms with Crippen LogP contribution in [0.3, 0.4) is 0 Å². The fourth-order valence-corrected chi connectivity index (χ4v) is 5.16. The highest BCUT2D eigenvalue weighted by Crippen LogP contribution is 2.19. The summed E-state index contributed by atoms with van der Waals surface area (Å²) >= 11 is 5.91. The van der Waals surface area contributed by atoms with Gasteiger partial charge in [-0.05, 0) is 41.3 Å². The van der Waals surface area contributed by atoms with Gasteiger partial charge in [-0.25, -0.2) is 8.42 Å². The van der Waals surface area contributed by atoms with Gasteiger partial charge in [0.2, 0.25) is 21.8 Å². The quantitative estimate of drug-likeness (QED) is 0.359. The molecule has 0 radical (unpaired) electrons. The van der Waals surface area contributed by atoms with E-state index in [1.807, 2.05) is 74.5 Å². The molecule has 0 aliphatic rings. The van der Waals surface area contributed by atoms with E-state index in [0.29, 0.717) is 11.6 Å². The van der Waals surface area contributed by atoms with Gasteiger partial charge in [0.1, 0.15) is 6.04 Å². The summed E-state index contributed by atoms with van der Waals surface area (Å²) in [5.41, 5.74) is 1.73. The van der Waals surface area contributed by atoms with Gasteiger partial charge in [0.15, 0.2) is 0 Å². The fourth-order valence-electron chi connectivity index (χ4n) is 3.91. The molecule has 0 aromatic heterocycles. The van der Waals surface area contributed by atoms with Crippen molar-refractivity contribution in [3.63, 3.8) is 0 Å². The summed E-state index contributed by atoms with van der Waals surface area (Å²) in [5.74, 6) is -0.533. The molecule has 38 heavy (non-hydrogen) atoms. The first kappa shape index (κ1) is 29.4. The number of rotatable bonds is 12. The van der Waals surface area contributed by atoms with Crippen LogP contribution in [-0.4, -0.2) is 55.6 Å². The number of carbonyl (C=O) groups excluding carboxylic acids is 2. The number of hydrogen-bond donors (Lipinski definition) is 1. The standard InChI is InChI=1S/C29H34ClN3O4S/c1-22(2)19-31-29(35)27(18-23-10-6-4-7-11-23)33(20-24-12-8-5-9-13-24)28(34)21-32(3)38(36,37)26-16-14-25(30)15-17-26/h4-17,22,27H,18-21H2,1-3H3,(H,31,35)/t27-/m1/s1. The van der Waals surface area contributed by atoms with Crippen molar-refractivity contribution in [2.45, 2.75) is 37.8 Å². The van der Waals surface area contributed by atoms with Gasteiger partial charge in [0, 0.05) is 31.6 Å². The average Bonchev–Trinajstić information content (AvgIpc) is 2.90. The molecule has 3 rings (SSSR count). The van der Waals surface area contributed by atoms with E-state index in [9.17, 15) is 18.0 Å². The van der Waals surface area contributed by atoms with Gasteiger partial charge in [0.05, 0.1) is 11.4 Å². The molecular weight excluding hydrogens is 522 g/mol. The van der Waals surface area contributed by atoms with Crippen molar-refractivity contribution >= 4 is 33.4 Å². The van der Waals surface area contributed by atoms with Crippen molar-refractivity contribution in [1.82, 2.24) is 14.5 Å². The second kappa shape index (κ2) is 13.6. The van der Waals surface area contributed by atoms with Gasteiger partial charge in [-0.1, -0.05) is 86.1 Å². The maximum absolute atomic E-state index is 13.8. The smallest absolute Gasteiger partial charge is 0.243 e. The van der Waals surface area contributed by atoms with Crippen LogP contribution in [-0.2, 0) is 32.6 Å². The van der Waals surface area contributed by atoms with Crippen LogP contribution in [0, 0.1) is 5.92 Å². The van der Waals surface area contributed by atoms with E-state index >= 15 is 0 Å². The number of nitrogens with zero attached hydrogens (tertiary/aromatic N) is 2. The number of carbonyl (C=O) groups is 2. The first-order valence-corrected chi connectivity index (χ1v) is 14.3. The SMILES string of the molecule is CC(C)CNC(=O)[C@@H](Cc1ccccc1)N(Cc1ccccc1)C(=O)CN(C)S(=O)(=O)c1ccc(Cl)cc1. The lowest BCUT2D eigenvalue weighted by molar-refractivity contribution is -0.141. The molecule has 3 aromatic rings. The van der Waals surface area contributed by atoms with Crippen LogP contribution in [0.15, 0.2) is 89.8 Å². The number of sulfonamides is 1. The van der Waals surface area contributed by atoms with Crippen LogP contribution >= 0.6 is 11.6 Å². The van der Waals surface area contributed by atoms with Crippen LogP contribution < -0.4 is 5.32 Å². The van der Waals surface area contributed by atoms with E-state index in [-0.39, 0.29) is 29.7 Å². The normalized spacial score (nSPS) is 12.4. The lowest BCUT2D eigenvalue weighted by Gasteiger charge is -2.33. The monoisotopic (exact) mass is 555 g/mol. The Labute approximate surface area is 230 Å². The lowest BCUT2D eigenvalue weighted by Crippen LogP contribution is -2.53. The molecular formula is C29H34ClN3O4S. The third-order valence-corrected chi connectivity index (χ3v) is 8.10. The Kier molecular flexibility index (Phi) is 10.5. The van der Waals surface area contributed by atoms with Crippen molar-refractivity contribution in [3.05, 3.63) is 101 Å². The highest BCUT2D eigenvalue weighted by Gasteiger charge is 2.33. The molecule has 202 valence electrons. The third-order valence-electron chi connectivity index (χ3n) is 6.03. The van der Waals surface area contributed by atoms with Crippen LogP contribution in [0.25, 0.3) is 0 Å². The average molecular weight is 556 g/mol. The zero-order valence-electron chi connectivity index (χ0n) is 21.9. The van der Waals surface area contributed by atoms with E-state index < -0.39 is 28.5 Å². The number of halogens is 1. The Balaban J connectivity index is 1.94. The number of amides is 2. The summed E-state index contributed by atoms with van der Waals surface area (Å²) in [7, 11) is -2.60. The second-order valence-electron chi connectivity index (χ2n) is 9.57. The first-order valence-electron chi connectivity index (χ1n) is 12.4. The second-order valence-corrected chi connectivity index (χ2v) is 12.0. The minimum Gasteiger partial charge on any atom is -0.354 e. The highest BCUT2D eigenvalue weighted by atomic mass is 35.5. The fraction of sp³-hybridized carbons (Fsp3) is 0.310.